The highest BCUT2D eigenvalue weighted by Gasteiger charge is 2.27. The maximum Gasteiger partial charge on any atom is 0.306 e. The van der Waals surface area contributed by atoms with Crippen LogP contribution in [-0.2, 0) is 9.53 Å². The number of nitrogens with zero attached hydrogens (tertiary/aromatic N) is 1. The van der Waals surface area contributed by atoms with Crippen molar-refractivity contribution < 1.29 is 19.4 Å². The Kier molecular flexibility index (Phi) is 4.85. The van der Waals surface area contributed by atoms with Crippen molar-refractivity contribution >= 4 is 28.9 Å². The fraction of sp³-hybridized carbons (Fsp3) is 0.333. The fourth-order valence-corrected chi connectivity index (χ4v) is 2.81. The molecule has 3 rings (SSSR count). The third kappa shape index (κ3) is 3.48. The molecule has 27 heavy (non-hydrogen) atoms. The quantitative estimate of drug-likeness (QED) is 0.381. The molecule has 0 bridgehead atoms. The van der Waals surface area contributed by atoms with Crippen molar-refractivity contribution in [2.45, 2.75) is 18.9 Å². The van der Waals surface area contributed by atoms with Crippen molar-refractivity contribution in [3.8, 4) is 5.75 Å². The van der Waals surface area contributed by atoms with Crippen molar-refractivity contribution in [3.63, 3.8) is 0 Å². The van der Waals surface area contributed by atoms with Gasteiger partial charge in [-0.25, -0.2) is 0 Å². The number of amides is 1. The van der Waals surface area contributed by atoms with Gasteiger partial charge in [-0.3, -0.25) is 19.2 Å². The Hall–Kier alpha value is -3.36. The van der Waals surface area contributed by atoms with Gasteiger partial charge in [0.25, 0.3) is 16.8 Å². The molecule has 1 atom stereocenters. The van der Waals surface area contributed by atoms with Crippen molar-refractivity contribution in [2.75, 3.05) is 31.3 Å². The van der Waals surface area contributed by atoms with Crippen LogP contribution in [0.5, 0.6) is 5.75 Å². The van der Waals surface area contributed by atoms with Crippen LogP contribution in [0, 0.1) is 0 Å². The molecule has 0 aromatic heterocycles. The zero-order chi connectivity index (χ0) is 19.7. The Labute approximate surface area is 154 Å². The van der Waals surface area contributed by atoms with E-state index in [0.29, 0.717) is 12.8 Å². The predicted molar refractivity (Wildman–Crippen MR) is 98.4 cm³/mol. The standard InChI is InChI=1S/C18H19N3O6/c1-21(2)18(26)10-4-3-5-11(15(10)23)20-14-13(16(24)17(14)25)19-8-9-6-7-12(22)27-9/h3-5,9,19-20,23H,6-8H2,1-2H3. The SMILES string of the molecule is CN(C)C(=O)c1cccc(Nc2c(NCC3CCC(=O)O3)c(=O)c2=O)c1O. The maximum absolute atomic E-state index is 12.1. The fourth-order valence-electron chi connectivity index (χ4n) is 2.81. The molecule has 1 amide bonds. The molecular weight excluding hydrogens is 354 g/mol. The topological polar surface area (TPSA) is 125 Å². The van der Waals surface area contributed by atoms with Crippen LogP contribution in [-0.4, -0.2) is 48.6 Å². The van der Waals surface area contributed by atoms with Gasteiger partial charge < -0.3 is 25.4 Å². The van der Waals surface area contributed by atoms with Gasteiger partial charge in [0.1, 0.15) is 17.5 Å². The third-order valence-electron chi connectivity index (χ3n) is 4.32. The summed E-state index contributed by atoms with van der Waals surface area (Å²) in [5.41, 5.74) is -1.17. The van der Waals surface area contributed by atoms with E-state index in [4.69, 9.17) is 4.74 Å². The molecule has 142 valence electrons. The van der Waals surface area contributed by atoms with Crippen molar-refractivity contribution in [1.29, 1.82) is 0 Å². The zero-order valence-electron chi connectivity index (χ0n) is 14.9. The van der Waals surface area contributed by atoms with E-state index in [1.165, 1.54) is 17.0 Å². The smallest absolute Gasteiger partial charge is 0.306 e. The summed E-state index contributed by atoms with van der Waals surface area (Å²) in [7, 11) is 3.10. The van der Waals surface area contributed by atoms with E-state index >= 15 is 0 Å². The van der Waals surface area contributed by atoms with E-state index in [1.807, 2.05) is 0 Å². The monoisotopic (exact) mass is 373 g/mol. The molecule has 1 unspecified atom stereocenters. The molecule has 9 nitrogen and oxygen atoms in total. The van der Waals surface area contributed by atoms with E-state index in [1.54, 1.807) is 20.2 Å². The number of hydrogen-bond donors (Lipinski definition) is 3. The molecule has 2 aromatic rings. The van der Waals surface area contributed by atoms with Crippen LogP contribution in [0.3, 0.4) is 0 Å². The number of ether oxygens (including phenoxy) is 1. The van der Waals surface area contributed by atoms with Crippen LogP contribution in [0.1, 0.15) is 23.2 Å². The number of hydrogen-bond acceptors (Lipinski definition) is 8. The third-order valence-corrected chi connectivity index (χ3v) is 4.32. The van der Waals surface area contributed by atoms with Crippen LogP contribution in [0.15, 0.2) is 27.8 Å². The Balaban J connectivity index is 1.79. The number of cyclic esters (lactones) is 1. The zero-order valence-corrected chi connectivity index (χ0v) is 14.9. The van der Waals surface area contributed by atoms with Gasteiger partial charge in [0.2, 0.25) is 0 Å². The summed E-state index contributed by atoms with van der Waals surface area (Å²) >= 11 is 0. The minimum atomic E-state index is -0.732. The van der Waals surface area contributed by atoms with Crippen LogP contribution < -0.4 is 21.5 Å². The van der Waals surface area contributed by atoms with Gasteiger partial charge in [-0.15, -0.1) is 0 Å². The molecule has 0 spiro atoms. The largest absolute Gasteiger partial charge is 0.505 e. The minimum Gasteiger partial charge on any atom is -0.505 e. The first kappa shape index (κ1) is 18.4. The predicted octanol–water partition coefficient (Wildman–Crippen LogP) is 0.551. The molecule has 1 aliphatic rings. The van der Waals surface area contributed by atoms with Gasteiger partial charge >= 0.3 is 5.97 Å². The number of phenolic OH excluding ortho intramolecular Hbond substituents is 1. The molecule has 1 aliphatic heterocycles. The number of anilines is 3. The highest BCUT2D eigenvalue weighted by Crippen LogP contribution is 2.32. The highest BCUT2D eigenvalue weighted by molar-refractivity contribution is 5.99. The molecular formula is C18H19N3O6. The Bertz CT molecular complexity index is 974. The summed E-state index contributed by atoms with van der Waals surface area (Å²) in [6, 6.07) is 4.50. The lowest BCUT2D eigenvalue weighted by atomic mass is 10.1. The molecule has 0 radical (unpaired) electrons. The van der Waals surface area contributed by atoms with E-state index < -0.39 is 16.8 Å². The molecule has 1 saturated heterocycles. The Morgan fingerprint density at radius 3 is 2.56 bits per heavy atom. The van der Waals surface area contributed by atoms with Gasteiger partial charge in [0, 0.05) is 20.5 Å². The van der Waals surface area contributed by atoms with Crippen LogP contribution in [0.2, 0.25) is 0 Å². The van der Waals surface area contributed by atoms with Crippen LogP contribution in [0.25, 0.3) is 0 Å². The number of esters is 1. The second-order valence-corrected chi connectivity index (χ2v) is 6.47. The molecule has 0 aliphatic carbocycles. The lowest BCUT2D eigenvalue weighted by Crippen LogP contribution is -2.38. The summed E-state index contributed by atoms with van der Waals surface area (Å²) < 4.78 is 5.06. The average molecular weight is 373 g/mol. The summed E-state index contributed by atoms with van der Waals surface area (Å²) in [4.78, 5) is 48.3. The number of para-hydroxylation sites is 1. The van der Waals surface area contributed by atoms with Gasteiger partial charge in [-0.1, -0.05) is 6.07 Å². The molecule has 1 heterocycles. The molecule has 1 fully saturated rings. The lowest BCUT2D eigenvalue weighted by Gasteiger charge is -2.18. The van der Waals surface area contributed by atoms with Gasteiger partial charge in [0.05, 0.1) is 17.8 Å². The summed E-state index contributed by atoms with van der Waals surface area (Å²) in [5, 5.41) is 15.9. The molecule has 3 N–H and O–H groups in total. The number of nitrogens with one attached hydrogen (secondary N) is 2. The number of carbonyl (C=O) groups is 2. The number of aromatic hydroxyl groups is 1. The number of carbonyl (C=O) groups excluding carboxylic acids is 2. The Morgan fingerprint density at radius 1 is 1.22 bits per heavy atom. The van der Waals surface area contributed by atoms with E-state index in [9.17, 15) is 24.3 Å². The van der Waals surface area contributed by atoms with E-state index in [0.717, 1.165) is 0 Å². The first-order chi connectivity index (χ1) is 12.8. The maximum atomic E-state index is 12.1. The normalized spacial score (nSPS) is 16.2. The second kappa shape index (κ2) is 7.10. The average Bonchev–Trinajstić information content (AvgIpc) is 3.06. The van der Waals surface area contributed by atoms with Crippen molar-refractivity contribution in [2.24, 2.45) is 0 Å². The molecule has 9 heteroatoms. The molecule has 2 aromatic carbocycles. The van der Waals surface area contributed by atoms with Crippen molar-refractivity contribution in [1.82, 2.24) is 4.90 Å². The summed E-state index contributed by atoms with van der Waals surface area (Å²) in [5.74, 6) is -1.01. The van der Waals surface area contributed by atoms with Crippen LogP contribution in [0.4, 0.5) is 17.1 Å². The van der Waals surface area contributed by atoms with E-state index in [2.05, 4.69) is 10.6 Å². The Morgan fingerprint density at radius 2 is 1.93 bits per heavy atom. The summed E-state index contributed by atoms with van der Waals surface area (Å²) in [6.07, 6.45) is 0.507. The first-order valence-corrected chi connectivity index (χ1v) is 8.37. The number of phenols is 1. The van der Waals surface area contributed by atoms with Gasteiger partial charge in [0.15, 0.2) is 5.75 Å². The highest BCUT2D eigenvalue weighted by atomic mass is 16.5. The molecule has 0 saturated carbocycles. The number of rotatable bonds is 6. The second-order valence-electron chi connectivity index (χ2n) is 6.47. The van der Waals surface area contributed by atoms with Gasteiger partial charge in [-0.05, 0) is 18.6 Å². The van der Waals surface area contributed by atoms with E-state index in [-0.39, 0.29) is 47.0 Å². The van der Waals surface area contributed by atoms with Crippen molar-refractivity contribution in [3.05, 3.63) is 44.2 Å². The number of benzene rings is 1. The minimum absolute atomic E-state index is 0.00549. The first-order valence-electron chi connectivity index (χ1n) is 8.37. The van der Waals surface area contributed by atoms with Gasteiger partial charge in [-0.2, -0.15) is 0 Å². The summed E-state index contributed by atoms with van der Waals surface area (Å²) in [6.45, 7) is 0.205. The lowest BCUT2D eigenvalue weighted by molar-refractivity contribution is -0.140. The van der Waals surface area contributed by atoms with Crippen LogP contribution >= 0.6 is 0 Å².